The Kier molecular flexibility index (Phi) is 3.64. The fourth-order valence-electron chi connectivity index (χ4n) is 1.73. The molecule has 2 aromatic heterocycles. The second-order valence-corrected chi connectivity index (χ2v) is 4.24. The first-order chi connectivity index (χ1) is 8.19. The van der Waals surface area contributed by atoms with Crippen LogP contribution < -0.4 is 5.32 Å². The van der Waals surface area contributed by atoms with E-state index >= 15 is 0 Å². The Hall–Kier alpha value is -1.55. The van der Waals surface area contributed by atoms with Crippen molar-refractivity contribution in [1.82, 2.24) is 15.1 Å². The minimum absolute atomic E-state index is 0.278. The van der Waals surface area contributed by atoms with Crippen molar-refractivity contribution < 1.29 is 4.42 Å². The molecule has 17 heavy (non-hydrogen) atoms. The second-order valence-electron chi connectivity index (χ2n) is 4.24. The van der Waals surface area contributed by atoms with Crippen LogP contribution in [0.15, 0.2) is 28.9 Å². The quantitative estimate of drug-likeness (QED) is 0.863. The molecule has 4 heteroatoms. The van der Waals surface area contributed by atoms with Crippen LogP contribution in [0, 0.1) is 6.92 Å². The molecule has 2 heterocycles. The molecular formula is C13H19N3O. The highest BCUT2D eigenvalue weighted by molar-refractivity contribution is 5.10. The first-order valence-electron chi connectivity index (χ1n) is 6.00. The van der Waals surface area contributed by atoms with E-state index in [0.717, 1.165) is 24.6 Å². The minimum atomic E-state index is 0.278. The SMILES string of the molecule is CCn1cc(C(C)NCc2ccc(C)o2)cn1. The second kappa shape index (κ2) is 5.19. The molecule has 0 aliphatic carbocycles. The molecule has 0 radical (unpaired) electrons. The first-order valence-corrected chi connectivity index (χ1v) is 6.00. The molecule has 92 valence electrons. The molecular weight excluding hydrogens is 214 g/mol. The number of rotatable bonds is 5. The van der Waals surface area contributed by atoms with Crippen LogP contribution in [-0.2, 0) is 13.1 Å². The smallest absolute Gasteiger partial charge is 0.117 e. The zero-order valence-corrected chi connectivity index (χ0v) is 10.6. The Morgan fingerprint density at radius 2 is 2.29 bits per heavy atom. The summed E-state index contributed by atoms with van der Waals surface area (Å²) in [5.41, 5.74) is 1.20. The lowest BCUT2D eigenvalue weighted by Gasteiger charge is -2.10. The standard InChI is InChI=1S/C13H19N3O/c1-4-16-9-12(7-15-16)11(3)14-8-13-6-5-10(2)17-13/h5-7,9,11,14H,4,8H2,1-3H3. The normalized spacial score (nSPS) is 12.9. The molecule has 0 saturated carbocycles. The lowest BCUT2D eigenvalue weighted by molar-refractivity contribution is 0.444. The van der Waals surface area contributed by atoms with Crippen molar-refractivity contribution >= 4 is 0 Å². The van der Waals surface area contributed by atoms with Crippen molar-refractivity contribution in [3.8, 4) is 0 Å². The van der Waals surface area contributed by atoms with Crippen LogP contribution in [0.3, 0.4) is 0 Å². The van der Waals surface area contributed by atoms with E-state index in [1.54, 1.807) is 0 Å². The van der Waals surface area contributed by atoms with Crippen molar-refractivity contribution in [3.05, 3.63) is 41.6 Å². The highest BCUT2D eigenvalue weighted by Crippen LogP contribution is 2.13. The molecule has 4 nitrogen and oxygen atoms in total. The number of aryl methyl sites for hydroxylation is 2. The molecule has 2 aromatic rings. The molecule has 0 bridgehead atoms. The van der Waals surface area contributed by atoms with Gasteiger partial charge in [-0.1, -0.05) is 0 Å². The summed E-state index contributed by atoms with van der Waals surface area (Å²) in [5, 5.41) is 7.69. The number of hydrogen-bond acceptors (Lipinski definition) is 3. The lowest BCUT2D eigenvalue weighted by Crippen LogP contribution is -2.17. The number of nitrogens with one attached hydrogen (secondary N) is 1. The Labute approximate surface area is 102 Å². The van der Waals surface area contributed by atoms with Gasteiger partial charge in [-0.3, -0.25) is 4.68 Å². The van der Waals surface area contributed by atoms with Gasteiger partial charge in [-0.2, -0.15) is 5.10 Å². The molecule has 0 amide bonds. The maximum Gasteiger partial charge on any atom is 0.117 e. The molecule has 1 N–H and O–H groups in total. The van der Waals surface area contributed by atoms with Gasteiger partial charge in [0, 0.05) is 24.3 Å². The Morgan fingerprint density at radius 3 is 2.88 bits per heavy atom. The van der Waals surface area contributed by atoms with Crippen molar-refractivity contribution in [1.29, 1.82) is 0 Å². The van der Waals surface area contributed by atoms with Gasteiger partial charge < -0.3 is 9.73 Å². The van der Waals surface area contributed by atoms with Crippen LogP contribution >= 0.6 is 0 Å². The summed E-state index contributed by atoms with van der Waals surface area (Å²) in [6, 6.07) is 4.27. The third-order valence-corrected chi connectivity index (χ3v) is 2.86. The van der Waals surface area contributed by atoms with Gasteiger partial charge in [0.05, 0.1) is 12.7 Å². The number of hydrogen-bond donors (Lipinski definition) is 1. The maximum absolute atomic E-state index is 5.51. The van der Waals surface area contributed by atoms with Gasteiger partial charge in [-0.25, -0.2) is 0 Å². The largest absolute Gasteiger partial charge is 0.465 e. The summed E-state index contributed by atoms with van der Waals surface area (Å²) in [7, 11) is 0. The topological polar surface area (TPSA) is 43.0 Å². The third-order valence-electron chi connectivity index (χ3n) is 2.86. The van der Waals surface area contributed by atoms with E-state index in [-0.39, 0.29) is 6.04 Å². The van der Waals surface area contributed by atoms with E-state index in [0.29, 0.717) is 0 Å². The Bertz CT molecular complexity index is 472. The van der Waals surface area contributed by atoms with Gasteiger partial charge in [0.2, 0.25) is 0 Å². The molecule has 1 unspecified atom stereocenters. The molecule has 0 saturated heterocycles. The monoisotopic (exact) mass is 233 g/mol. The van der Waals surface area contributed by atoms with E-state index < -0.39 is 0 Å². The van der Waals surface area contributed by atoms with Gasteiger partial charge >= 0.3 is 0 Å². The number of nitrogens with zero attached hydrogens (tertiary/aromatic N) is 2. The lowest BCUT2D eigenvalue weighted by atomic mass is 10.2. The average Bonchev–Trinajstić information content (AvgIpc) is 2.94. The van der Waals surface area contributed by atoms with Crippen molar-refractivity contribution in [2.45, 2.75) is 39.9 Å². The van der Waals surface area contributed by atoms with E-state index in [4.69, 9.17) is 4.42 Å². The molecule has 2 rings (SSSR count). The van der Waals surface area contributed by atoms with Crippen molar-refractivity contribution in [3.63, 3.8) is 0 Å². The van der Waals surface area contributed by atoms with Gasteiger partial charge in [0.25, 0.3) is 0 Å². The highest BCUT2D eigenvalue weighted by atomic mass is 16.3. The molecule has 0 aromatic carbocycles. The molecule has 0 spiro atoms. The van der Waals surface area contributed by atoms with Crippen LogP contribution in [0.25, 0.3) is 0 Å². The zero-order chi connectivity index (χ0) is 12.3. The zero-order valence-electron chi connectivity index (χ0n) is 10.6. The van der Waals surface area contributed by atoms with Crippen LogP contribution in [0.4, 0.5) is 0 Å². The van der Waals surface area contributed by atoms with E-state index in [1.807, 2.05) is 29.9 Å². The van der Waals surface area contributed by atoms with Crippen LogP contribution in [0.1, 0.15) is 37.0 Å². The van der Waals surface area contributed by atoms with Gasteiger partial charge in [0.15, 0.2) is 0 Å². The summed E-state index contributed by atoms with van der Waals surface area (Å²) in [6.45, 7) is 7.82. The van der Waals surface area contributed by atoms with E-state index in [1.165, 1.54) is 5.56 Å². The molecule has 0 fully saturated rings. The molecule has 0 aliphatic heterocycles. The fraction of sp³-hybridized carbons (Fsp3) is 0.462. The Balaban J connectivity index is 1.90. The van der Waals surface area contributed by atoms with E-state index in [2.05, 4.69) is 30.5 Å². The minimum Gasteiger partial charge on any atom is -0.465 e. The van der Waals surface area contributed by atoms with Gasteiger partial charge in [0.1, 0.15) is 11.5 Å². The molecule has 0 aliphatic rings. The van der Waals surface area contributed by atoms with Crippen molar-refractivity contribution in [2.24, 2.45) is 0 Å². The first kappa shape index (κ1) is 11.9. The van der Waals surface area contributed by atoms with Crippen molar-refractivity contribution in [2.75, 3.05) is 0 Å². The van der Waals surface area contributed by atoms with E-state index in [9.17, 15) is 0 Å². The fourth-order valence-corrected chi connectivity index (χ4v) is 1.73. The summed E-state index contributed by atoms with van der Waals surface area (Å²) < 4.78 is 7.45. The summed E-state index contributed by atoms with van der Waals surface area (Å²) in [5.74, 6) is 1.92. The number of furan rings is 1. The maximum atomic E-state index is 5.51. The third kappa shape index (κ3) is 2.97. The average molecular weight is 233 g/mol. The van der Waals surface area contributed by atoms with Gasteiger partial charge in [-0.15, -0.1) is 0 Å². The summed E-state index contributed by atoms with van der Waals surface area (Å²) in [4.78, 5) is 0. The Morgan fingerprint density at radius 1 is 1.47 bits per heavy atom. The van der Waals surface area contributed by atoms with Crippen LogP contribution in [0.5, 0.6) is 0 Å². The van der Waals surface area contributed by atoms with Gasteiger partial charge in [-0.05, 0) is 32.9 Å². The summed E-state index contributed by atoms with van der Waals surface area (Å²) >= 11 is 0. The van der Waals surface area contributed by atoms with Crippen LogP contribution in [-0.4, -0.2) is 9.78 Å². The summed E-state index contributed by atoms with van der Waals surface area (Å²) in [6.07, 6.45) is 3.99. The predicted molar refractivity (Wildman–Crippen MR) is 66.6 cm³/mol. The predicted octanol–water partition coefficient (Wildman–Crippen LogP) is 2.66. The highest BCUT2D eigenvalue weighted by Gasteiger charge is 2.08. The number of aromatic nitrogens is 2. The van der Waals surface area contributed by atoms with Crippen LogP contribution in [0.2, 0.25) is 0 Å². The molecule has 1 atom stereocenters.